The Balaban J connectivity index is 1.38. The second kappa shape index (κ2) is 9.44. The molecule has 4 rings (SSSR count). The van der Waals surface area contributed by atoms with Crippen LogP contribution in [0.2, 0.25) is 0 Å². The Labute approximate surface area is 188 Å². The van der Waals surface area contributed by atoms with Gasteiger partial charge in [-0.25, -0.2) is 0 Å². The smallest absolute Gasteiger partial charge is 0.311 e. The topological polar surface area (TPSA) is 80.9 Å². The van der Waals surface area contributed by atoms with Crippen LogP contribution in [0.5, 0.6) is 11.5 Å². The molecule has 2 saturated carbocycles. The van der Waals surface area contributed by atoms with Crippen LogP contribution in [0.25, 0.3) is 0 Å². The molecule has 6 nitrogen and oxygen atoms in total. The first-order chi connectivity index (χ1) is 15.5. The molecule has 0 aromatic heterocycles. The maximum atomic E-state index is 12.9. The summed E-state index contributed by atoms with van der Waals surface area (Å²) < 4.78 is 11.4. The molecule has 2 aromatic carbocycles. The van der Waals surface area contributed by atoms with Gasteiger partial charge in [0.05, 0.1) is 5.92 Å². The van der Waals surface area contributed by atoms with E-state index in [1.54, 1.807) is 30.5 Å². The molecule has 0 radical (unpaired) electrons. The Morgan fingerprint density at radius 3 is 2.56 bits per heavy atom. The van der Waals surface area contributed by atoms with Crippen LogP contribution in [-0.2, 0) is 14.4 Å². The first-order valence-electron chi connectivity index (χ1n) is 11.1. The van der Waals surface area contributed by atoms with Crippen molar-refractivity contribution in [3.63, 3.8) is 0 Å². The van der Waals surface area contributed by atoms with E-state index in [1.807, 2.05) is 44.2 Å². The Kier molecular flexibility index (Phi) is 6.45. The van der Waals surface area contributed by atoms with Crippen LogP contribution in [0.4, 0.5) is 0 Å². The first kappa shape index (κ1) is 21.9. The summed E-state index contributed by atoms with van der Waals surface area (Å²) in [6, 6.07) is 18.5. The zero-order valence-corrected chi connectivity index (χ0v) is 18.4. The third kappa shape index (κ3) is 4.94. The molecule has 2 aliphatic carbocycles. The Hall–Kier alpha value is -3.33. The number of rotatable bonds is 8. The minimum atomic E-state index is -1.01. The maximum absolute atomic E-state index is 12.9. The summed E-state index contributed by atoms with van der Waals surface area (Å²) >= 11 is 0. The second-order valence-electron chi connectivity index (χ2n) is 9.02. The molecule has 2 aliphatic rings. The van der Waals surface area contributed by atoms with Gasteiger partial charge in [0.25, 0.3) is 0 Å². The highest BCUT2D eigenvalue weighted by Crippen LogP contribution is 2.58. The van der Waals surface area contributed by atoms with Crippen LogP contribution >= 0.6 is 0 Å². The van der Waals surface area contributed by atoms with Gasteiger partial charge >= 0.3 is 5.97 Å². The van der Waals surface area contributed by atoms with Crippen molar-refractivity contribution < 1.29 is 19.1 Å². The molecule has 3 atom stereocenters. The fourth-order valence-electron chi connectivity index (χ4n) is 4.31. The summed E-state index contributed by atoms with van der Waals surface area (Å²) in [4.78, 5) is 18.4. The predicted octanol–water partition coefficient (Wildman–Crippen LogP) is 5.80. The lowest BCUT2D eigenvalue weighted by Crippen LogP contribution is -2.14. The lowest BCUT2D eigenvalue weighted by atomic mass is 10.1. The predicted molar refractivity (Wildman–Crippen MR) is 120 cm³/mol. The van der Waals surface area contributed by atoms with Gasteiger partial charge in [0, 0.05) is 17.7 Å². The monoisotopic (exact) mass is 432 g/mol. The number of hydrogen-bond acceptors (Lipinski definition) is 6. The SMILES string of the molecule is CC1(C)[C@H](C(=O)OC(C#N)c2cccc(Oc3ccccc3)c2)[C@@H]1C=NOC1CCCC1. The van der Waals surface area contributed by atoms with Crippen molar-refractivity contribution in [2.45, 2.75) is 51.7 Å². The van der Waals surface area contributed by atoms with E-state index in [-0.39, 0.29) is 23.4 Å². The molecule has 0 bridgehead atoms. The molecule has 1 unspecified atom stereocenters. The van der Waals surface area contributed by atoms with E-state index in [4.69, 9.17) is 14.3 Å². The average Bonchev–Trinajstić information content (AvgIpc) is 3.11. The van der Waals surface area contributed by atoms with E-state index < -0.39 is 12.1 Å². The van der Waals surface area contributed by atoms with Gasteiger partial charge in [-0.1, -0.05) is 49.3 Å². The Morgan fingerprint density at radius 2 is 1.84 bits per heavy atom. The molecule has 2 aromatic rings. The quantitative estimate of drug-likeness (QED) is 0.299. The van der Waals surface area contributed by atoms with E-state index in [2.05, 4.69) is 11.2 Å². The summed E-state index contributed by atoms with van der Waals surface area (Å²) in [5.41, 5.74) is 0.292. The van der Waals surface area contributed by atoms with Gasteiger partial charge in [-0.15, -0.1) is 0 Å². The Bertz CT molecular complexity index is 1010. The van der Waals surface area contributed by atoms with Crippen LogP contribution in [0.15, 0.2) is 59.8 Å². The van der Waals surface area contributed by atoms with Crippen molar-refractivity contribution in [3.05, 3.63) is 60.2 Å². The number of oxime groups is 1. The zero-order valence-electron chi connectivity index (χ0n) is 18.4. The minimum Gasteiger partial charge on any atom is -0.457 e. The fourth-order valence-corrected chi connectivity index (χ4v) is 4.31. The molecule has 0 heterocycles. The van der Waals surface area contributed by atoms with Gasteiger partial charge in [0.15, 0.2) is 0 Å². The summed E-state index contributed by atoms with van der Waals surface area (Å²) in [6.45, 7) is 4.00. The number of hydrogen-bond donors (Lipinski definition) is 0. The summed E-state index contributed by atoms with van der Waals surface area (Å²) in [7, 11) is 0. The van der Waals surface area contributed by atoms with E-state index in [9.17, 15) is 10.1 Å². The minimum absolute atomic E-state index is 0.0662. The van der Waals surface area contributed by atoms with Gasteiger partial charge < -0.3 is 14.3 Å². The molecule has 32 heavy (non-hydrogen) atoms. The van der Waals surface area contributed by atoms with E-state index in [0.717, 1.165) is 12.8 Å². The summed E-state index contributed by atoms with van der Waals surface area (Å²) in [5, 5.41) is 13.8. The number of esters is 1. The normalized spacial score (nSPS) is 22.8. The average molecular weight is 433 g/mol. The van der Waals surface area contributed by atoms with Crippen molar-refractivity contribution in [2.24, 2.45) is 22.4 Å². The lowest BCUT2D eigenvalue weighted by Gasteiger charge is -2.13. The molecule has 0 N–H and O–H groups in total. The molecular weight excluding hydrogens is 404 g/mol. The lowest BCUT2D eigenvalue weighted by molar-refractivity contribution is -0.149. The number of nitrogens with zero attached hydrogens (tertiary/aromatic N) is 2. The van der Waals surface area contributed by atoms with Gasteiger partial charge in [0.2, 0.25) is 6.10 Å². The largest absolute Gasteiger partial charge is 0.457 e. The van der Waals surface area contributed by atoms with Crippen molar-refractivity contribution in [1.29, 1.82) is 5.26 Å². The van der Waals surface area contributed by atoms with E-state index in [1.165, 1.54) is 12.8 Å². The number of para-hydroxylation sites is 1. The standard InChI is InChI=1S/C26H28N2O4/c1-26(2)22(17-28-32-20-12-6-7-13-20)24(26)25(29)31-23(16-27)18-9-8-14-21(15-18)30-19-10-4-3-5-11-19/h3-5,8-11,14-15,17,20,22-24H,6-7,12-13H2,1-2H3/t22-,23?,24-/m0/s1. The molecule has 2 fully saturated rings. The highest BCUT2D eigenvalue weighted by molar-refractivity contribution is 5.85. The van der Waals surface area contributed by atoms with Crippen molar-refractivity contribution in [3.8, 4) is 17.6 Å². The van der Waals surface area contributed by atoms with E-state index >= 15 is 0 Å². The first-order valence-corrected chi connectivity index (χ1v) is 11.1. The highest BCUT2D eigenvalue weighted by Gasteiger charge is 2.62. The molecule has 0 spiro atoms. The van der Waals surface area contributed by atoms with Crippen LogP contribution < -0.4 is 4.74 Å². The molecule has 0 aliphatic heterocycles. The fraction of sp³-hybridized carbons (Fsp3) is 0.423. The van der Waals surface area contributed by atoms with Gasteiger partial charge in [-0.3, -0.25) is 4.79 Å². The van der Waals surface area contributed by atoms with E-state index in [0.29, 0.717) is 17.1 Å². The summed E-state index contributed by atoms with van der Waals surface area (Å²) in [5.74, 6) is 0.456. The van der Waals surface area contributed by atoms with Crippen molar-refractivity contribution in [1.82, 2.24) is 0 Å². The highest BCUT2D eigenvalue weighted by atomic mass is 16.6. The number of carbonyl (C=O) groups is 1. The zero-order chi connectivity index (χ0) is 22.6. The van der Waals surface area contributed by atoms with Crippen LogP contribution in [0, 0.1) is 28.6 Å². The molecule has 0 amide bonds. The van der Waals surface area contributed by atoms with Crippen LogP contribution in [0.1, 0.15) is 51.2 Å². The summed E-state index contributed by atoms with van der Waals surface area (Å²) in [6.07, 6.45) is 5.33. The Morgan fingerprint density at radius 1 is 1.12 bits per heavy atom. The third-order valence-electron chi connectivity index (χ3n) is 6.39. The number of ether oxygens (including phenoxy) is 2. The molecule has 0 saturated heterocycles. The number of nitriles is 1. The van der Waals surface area contributed by atoms with Gasteiger partial charge in [-0.05, 0) is 55.4 Å². The second-order valence-corrected chi connectivity index (χ2v) is 9.02. The van der Waals surface area contributed by atoms with Crippen LogP contribution in [-0.4, -0.2) is 18.3 Å². The molecule has 6 heteroatoms. The number of carbonyl (C=O) groups excluding carboxylic acids is 1. The van der Waals surface area contributed by atoms with Gasteiger partial charge in [-0.2, -0.15) is 5.26 Å². The van der Waals surface area contributed by atoms with Crippen molar-refractivity contribution in [2.75, 3.05) is 0 Å². The molecular formula is C26H28N2O4. The van der Waals surface area contributed by atoms with Crippen LogP contribution in [0.3, 0.4) is 0 Å². The number of benzene rings is 2. The van der Waals surface area contributed by atoms with Gasteiger partial charge in [0.1, 0.15) is 23.7 Å². The molecule has 166 valence electrons. The maximum Gasteiger partial charge on any atom is 0.311 e. The third-order valence-corrected chi connectivity index (χ3v) is 6.39. The van der Waals surface area contributed by atoms with Crippen molar-refractivity contribution >= 4 is 12.2 Å².